The Morgan fingerprint density at radius 3 is 2.81 bits per heavy atom. The second kappa shape index (κ2) is 9.75. The molecule has 0 aliphatic carbocycles. The number of rotatable bonds is 4. The van der Waals surface area contributed by atoms with Crippen LogP contribution in [0.4, 0.5) is 9.18 Å². The number of ether oxygens (including phenoxy) is 1. The van der Waals surface area contributed by atoms with Gasteiger partial charge in [-0.2, -0.15) is 4.98 Å². The minimum absolute atomic E-state index is 0.0797. The molecule has 0 saturated carbocycles. The third-order valence-corrected chi connectivity index (χ3v) is 6.77. The zero-order chi connectivity index (χ0) is 24.5. The summed E-state index contributed by atoms with van der Waals surface area (Å²) in [5.74, 6) is 0.145. The Bertz CT molecular complexity index is 1290. The number of hydrogen-bond donors (Lipinski definition) is 2. The molecule has 0 spiro atoms. The SMILES string of the molecule is O=C(N1CCOCC1)N1CCC[C@@H](NC2N=CC=C(c3c(-c4ccc(F)cc4)nc4occn34)N2)C1. The second-order valence-electron chi connectivity index (χ2n) is 9.13. The summed E-state index contributed by atoms with van der Waals surface area (Å²) >= 11 is 0. The van der Waals surface area contributed by atoms with Gasteiger partial charge >= 0.3 is 11.9 Å². The molecule has 0 bridgehead atoms. The van der Waals surface area contributed by atoms with Crippen LogP contribution in [-0.2, 0) is 4.74 Å². The van der Waals surface area contributed by atoms with Crippen molar-refractivity contribution in [2.45, 2.75) is 25.2 Å². The number of amides is 2. The van der Waals surface area contributed by atoms with E-state index < -0.39 is 0 Å². The van der Waals surface area contributed by atoms with Gasteiger partial charge in [0, 0.05) is 50.2 Å². The molecule has 11 heteroatoms. The summed E-state index contributed by atoms with van der Waals surface area (Å²) in [6.07, 6.45) is 8.55. The quantitative estimate of drug-likeness (QED) is 0.580. The highest BCUT2D eigenvalue weighted by atomic mass is 19.1. The molecule has 3 aliphatic rings. The minimum Gasteiger partial charge on any atom is -0.432 e. The second-order valence-corrected chi connectivity index (χ2v) is 9.13. The predicted octanol–water partition coefficient (Wildman–Crippen LogP) is 2.54. The van der Waals surface area contributed by atoms with E-state index >= 15 is 0 Å². The largest absolute Gasteiger partial charge is 0.432 e. The summed E-state index contributed by atoms with van der Waals surface area (Å²) in [6.45, 7) is 3.85. The van der Waals surface area contributed by atoms with E-state index in [4.69, 9.17) is 9.15 Å². The molecule has 2 aromatic heterocycles. The van der Waals surface area contributed by atoms with E-state index in [1.54, 1.807) is 30.8 Å². The molecule has 1 unspecified atom stereocenters. The average molecular weight is 494 g/mol. The number of carbonyl (C=O) groups is 1. The number of imidazole rings is 1. The van der Waals surface area contributed by atoms with Crippen LogP contribution in [0, 0.1) is 5.82 Å². The fraction of sp³-hybridized carbons (Fsp3) is 0.400. The number of fused-ring (bicyclic) bond motifs is 1. The number of nitrogens with zero attached hydrogens (tertiary/aromatic N) is 5. The van der Waals surface area contributed by atoms with Gasteiger partial charge in [-0.05, 0) is 43.2 Å². The number of oxazole rings is 1. The van der Waals surface area contributed by atoms with E-state index in [1.165, 1.54) is 12.1 Å². The van der Waals surface area contributed by atoms with E-state index in [1.807, 2.05) is 20.3 Å². The van der Waals surface area contributed by atoms with Crippen LogP contribution < -0.4 is 10.6 Å². The Morgan fingerprint density at radius 1 is 1.14 bits per heavy atom. The van der Waals surface area contributed by atoms with Crippen molar-refractivity contribution in [1.82, 2.24) is 29.8 Å². The van der Waals surface area contributed by atoms with Crippen LogP contribution in [0.3, 0.4) is 0 Å². The Labute approximate surface area is 207 Å². The van der Waals surface area contributed by atoms with Gasteiger partial charge in [0.05, 0.1) is 24.6 Å². The van der Waals surface area contributed by atoms with E-state index in [9.17, 15) is 9.18 Å². The standard InChI is InChI=1S/C25H28FN7O3/c26-18-5-3-17(4-6-18)21-22(33-12-15-36-24(33)30-21)20-7-8-27-23(29-20)28-19-2-1-9-32(16-19)25(34)31-10-13-35-14-11-31/h3-8,12,15,19,23,28-29H,1-2,9-11,13-14,16H2/t19-,23?/m1/s1. The zero-order valence-electron chi connectivity index (χ0n) is 19.8. The lowest BCUT2D eigenvalue weighted by atomic mass is 10.1. The maximum atomic E-state index is 13.5. The number of halogens is 1. The average Bonchev–Trinajstić information content (AvgIpc) is 3.51. The number of urea groups is 1. The van der Waals surface area contributed by atoms with Crippen molar-refractivity contribution >= 4 is 23.8 Å². The number of piperidine rings is 1. The van der Waals surface area contributed by atoms with Crippen LogP contribution in [0.2, 0.25) is 0 Å². The number of aromatic nitrogens is 2. The van der Waals surface area contributed by atoms with E-state index in [-0.39, 0.29) is 24.2 Å². The Hall–Kier alpha value is -3.70. The van der Waals surface area contributed by atoms with E-state index in [2.05, 4.69) is 20.6 Å². The highest BCUT2D eigenvalue weighted by Crippen LogP contribution is 2.30. The number of hydrogen-bond acceptors (Lipinski definition) is 7. The molecule has 2 fully saturated rings. The van der Waals surface area contributed by atoms with Gasteiger partial charge in [0.1, 0.15) is 17.8 Å². The van der Waals surface area contributed by atoms with Gasteiger partial charge in [0.25, 0.3) is 0 Å². The fourth-order valence-electron chi connectivity index (χ4n) is 4.99. The first-order chi connectivity index (χ1) is 17.7. The maximum absolute atomic E-state index is 13.5. The Balaban J connectivity index is 1.17. The first-order valence-corrected chi connectivity index (χ1v) is 12.3. The van der Waals surface area contributed by atoms with Gasteiger partial charge in [-0.1, -0.05) is 0 Å². The molecule has 0 radical (unpaired) electrons. The van der Waals surface area contributed by atoms with Crippen molar-refractivity contribution in [1.29, 1.82) is 0 Å². The van der Waals surface area contributed by atoms with Gasteiger partial charge in [-0.3, -0.25) is 14.7 Å². The van der Waals surface area contributed by atoms with Gasteiger partial charge in [0.15, 0.2) is 6.29 Å². The van der Waals surface area contributed by atoms with Crippen molar-refractivity contribution < 1.29 is 18.3 Å². The van der Waals surface area contributed by atoms with E-state index in [0.29, 0.717) is 44.4 Å². The van der Waals surface area contributed by atoms with Crippen molar-refractivity contribution in [3.8, 4) is 11.3 Å². The minimum atomic E-state index is -0.369. The number of carbonyl (C=O) groups excluding carboxylic acids is 1. The summed E-state index contributed by atoms with van der Waals surface area (Å²) in [5, 5.41) is 7.02. The first kappa shape index (κ1) is 22.7. The summed E-state index contributed by atoms with van der Waals surface area (Å²) in [4.78, 5) is 26.0. The number of morpholine rings is 1. The molecule has 2 amide bonds. The summed E-state index contributed by atoms with van der Waals surface area (Å²) in [5.41, 5.74) is 3.08. The third kappa shape index (κ3) is 4.47. The van der Waals surface area contributed by atoms with Gasteiger partial charge < -0.3 is 24.3 Å². The highest BCUT2D eigenvalue weighted by Gasteiger charge is 2.30. The van der Waals surface area contributed by atoms with Crippen LogP contribution in [0.5, 0.6) is 0 Å². The molecule has 188 valence electrons. The summed E-state index contributed by atoms with van der Waals surface area (Å²) in [6, 6.07) is 6.43. The van der Waals surface area contributed by atoms with Crippen LogP contribution in [0.1, 0.15) is 18.5 Å². The number of allylic oxidation sites excluding steroid dienone is 1. The van der Waals surface area contributed by atoms with Crippen LogP contribution in [0.25, 0.3) is 22.8 Å². The van der Waals surface area contributed by atoms with Gasteiger partial charge in [-0.15, -0.1) is 0 Å². The molecule has 2 atom stereocenters. The zero-order valence-corrected chi connectivity index (χ0v) is 19.8. The fourth-order valence-corrected chi connectivity index (χ4v) is 4.99. The maximum Gasteiger partial charge on any atom is 0.320 e. The van der Waals surface area contributed by atoms with Crippen molar-refractivity contribution in [3.05, 3.63) is 54.3 Å². The molecule has 36 heavy (non-hydrogen) atoms. The molecule has 3 aromatic rings. The first-order valence-electron chi connectivity index (χ1n) is 12.3. The van der Waals surface area contributed by atoms with Crippen molar-refractivity contribution in [2.75, 3.05) is 39.4 Å². The molecule has 5 heterocycles. The molecular weight excluding hydrogens is 465 g/mol. The topological polar surface area (TPSA) is 99.6 Å². The van der Waals surface area contributed by atoms with Crippen LogP contribution in [-0.4, -0.2) is 83.2 Å². The molecule has 2 saturated heterocycles. The lowest BCUT2D eigenvalue weighted by Crippen LogP contribution is -2.57. The van der Waals surface area contributed by atoms with E-state index in [0.717, 1.165) is 36.3 Å². The van der Waals surface area contributed by atoms with Crippen LogP contribution in [0.15, 0.2) is 52.2 Å². The Kier molecular flexibility index (Phi) is 6.16. The predicted molar refractivity (Wildman–Crippen MR) is 132 cm³/mol. The monoisotopic (exact) mass is 493 g/mol. The smallest absolute Gasteiger partial charge is 0.320 e. The lowest BCUT2D eigenvalue weighted by molar-refractivity contribution is 0.0400. The third-order valence-electron chi connectivity index (χ3n) is 6.77. The van der Waals surface area contributed by atoms with Gasteiger partial charge in [-0.25, -0.2) is 9.18 Å². The van der Waals surface area contributed by atoms with Crippen LogP contribution >= 0.6 is 0 Å². The number of nitrogens with one attached hydrogen (secondary N) is 2. The Morgan fingerprint density at radius 2 is 1.97 bits per heavy atom. The molecule has 10 nitrogen and oxygen atoms in total. The normalized spacial score (nSPS) is 22.5. The molecule has 6 rings (SSSR count). The molecule has 2 N–H and O–H groups in total. The van der Waals surface area contributed by atoms with Crippen molar-refractivity contribution in [2.24, 2.45) is 4.99 Å². The summed E-state index contributed by atoms with van der Waals surface area (Å²) < 4.78 is 26.3. The highest BCUT2D eigenvalue weighted by molar-refractivity contribution is 5.89. The molecule has 1 aromatic carbocycles. The number of aliphatic imine (C=N–C) groups is 1. The van der Waals surface area contributed by atoms with Crippen molar-refractivity contribution in [3.63, 3.8) is 0 Å². The van der Waals surface area contributed by atoms with Gasteiger partial charge in [0.2, 0.25) is 0 Å². The number of benzene rings is 1. The number of likely N-dealkylation sites (tertiary alicyclic amines) is 1. The summed E-state index contributed by atoms with van der Waals surface area (Å²) in [7, 11) is 0. The molecule has 3 aliphatic heterocycles. The lowest BCUT2D eigenvalue weighted by Gasteiger charge is -2.38. The molecular formula is C25H28FN7O3.